The van der Waals surface area contributed by atoms with Crippen LogP contribution in [0.5, 0.6) is 0 Å². The summed E-state index contributed by atoms with van der Waals surface area (Å²) < 4.78 is 0. The summed E-state index contributed by atoms with van der Waals surface area (Å²) in [6.07, 6.45) is 6.48. The second-order valence-corrected chi connectivity index (χ2v) is 7.00. The van der Waals surface area contributed by atoms with Gasteiger partial charge in [0.15, 0.2) is 0 Å². The van der Waals surface area contributed by atoms with Gasteiger partial charge in [0.1, 0.15) is 0 Å². The lowest BCUT2D eigenvalue weighted by Gasteiger charge is -2.38. The van der Waals surface area contributed by atoms with Crippen LogP contribution in [0.3, 0.4) is 0 Å². The van der Waals surface area contributed by atoms with Crippen molar-refractivity contribution in [1.82, 2.24) is 4.90 Å². The van der Waals surface area contributed by atoms with Crippen LogP contribution in [0.4, 0.5) is 0 Å². The molecule has 4 heteroatoms. The summed E-state index contributed by atoms with van der Waals surface area (Å²) in [6, 6.07) is 1.36. The minimum atomic E-state index is -0.618. The molecule has 3 nitrogen and oxygen atoms in total. The Bertz CT molecular complexity index is 271. The van der Waals surface area contributed by atoms with Gasteiger partial charge in [-0.25, -0.2) is 0 Å². The first kappa shape index (κ1) is 14.2. The van der Waals surface area contributed by atoms with Gasteiger partial charge >= 0.3 is 5.97 Å². The molecule has 2 aliphatic rings. The van der Waals surface area contributed by atoms with Crippen molar-refractivity contribution in [3.63, 3.8) is 0 Å². The molecule has 18 heavy (non-hydrogen) atoms. The molecule has 2 heterocycles. The van der Waals surface area contributed by atoms with E-state index in [0.29, 0.717) is 24.4 Å². The van der Waals surface area contributed by atoms with Gasteiger partial charge < -0.3 is 5.11 Å². The molecular weight excluding hydrogens is 246 g/mol. The van der Waals surface area contributed by atoms with Crippen LogP contribution in [0.25, 0.3) is 0 Å². The fourth-order valence-electron chi connectivity index (χ4n) is 3.66. The molecule has 0 amide bonds. The SMILES string of the molecule is CCSCCCN1C2CCC1CC(CC(=O)O)C2. The summed E-state index contributed by atoms with van der Waals surface area (Å²) in [4.78, 5) is 13.5. The van der Waals surface area contributed by atoms with Crippen LogP contribution in [0.15, 0.2) is 0 Å². The largest absolute Gasteiger partial charge is 0.481 e. The van der Waals surface area contributed by atoms with E-state index in [9.17, 15) is 4.79 Å². The summed E-state index contributed by atoms with van der Waals surface area (Å²) in [5.74, 6) is 2.30. The molecule has 2 bridgehead atoms. The van der Waals surface area contributed by atoms with E-state index in [-0.39, 0.29) is 0 Å². The number of hydrogen-bond donors (Lipinski definition) is 1. The zero-order valence-electron chi connectivity index (χ0n) is 11.3. The number of carboxylic acid groups (broad SMARTS) is 1. The average molecular weight is 271 g/mol. The number of carboxylic acids is 1. The van der Waals surface area contributed by atoms with Crippen molar-refractivity contribution in [3.8, 4) is 0 Å². The molecule has 0 spiro atoms. The monoisotopic (exact) mass is 271 g/mol. The fraction of sp³-hybridized carbons (Fsp3) is 0.929. The Balaban J connectivity index is 1.77. The molecule has 2 aliphatic heterocycles. The molecule has 2 atom stereocenters. The first-order valence-electron chi connectivity index (χ1n) is 7.26. The lowest BCUT2D eigenvalue weighted by atomic mass is 9.88. The normalized spacial score (nSPS) is 31.7. The van der Waals surface area contributed by atoms with E-state index in [2.05, 4.69) is 11.8 Å². The van der Waals surface area contributed by atoms with Crippen molar-refractivity contribution < 1.29 is 9.90 Å². The Morgan fingerprint density at radius 2 is 2.00 bits per heavy atom. The van der Waals surface area contributed by atoms with E-state index in [1.54, 1.807) is 0 Å². The number of piperidine rings is 1. The highest BCUT2D eigenvalue weighted by Gasteiger charge is 2.40. The maximum atomic E-state index is 10.8. The van der Waals surface area contributed by atoms with Crippen molar-refractivity contribution in [3.05, 3.63) is 0 Å². The molecule has 2 saturated heterocycles. The van der Waals surface area contributed by atoms with E-state index in [1.807, 2.05) is 11.8 Å². The number of thioether (sulfide) groups is 1. The van der Waals surface area contributed by atoms with Gasteiger partial charge in [-0.1, -0.05) is 6.92 Å². The predicted octanol–water partition coefficient (Wildman–Crippen LogP) is 2.85. The number of nitrogens with zero attached hydrogens (tertiary/aromatic N) is 1. The minimum absolute atomic E-state index is 0.381. The highest BCUT2D eigenvalue weighted by molar-refractivity contribution is 7.99. The van der Waals surface area contributed by atoms with Gasteiger partial charge in [0.2, 0.25) is 0 Å². The molecule has 2 unspecified atom stereocenters. The quantitative estimate of drug-likeness (QED) is 0.723. The molecule has 0 aliphatic carbocycles. The maximum absolute atomic E-state index is 10.8. The standard InChI is InChI=1S/C14H25NO2S/c1-2-18-7-3-6-15-12-4-5-13(15)9-11(8-12)10-14(16)17/h11-13H,2-10H2,1H3,(H,16,17). The van der Waals surface area contributed by atoms with Gasteiger partial charge in [0.25, 0.3) is 0 Å². The number of hydrogen-bond acceptors (Lipinski definition) is 3. The molecule has 0 aromatic rings. The van der Waals surface area contributed by atoms with Crippen molar-refractivity contribution in [2.45, 2.75) is 57.5 Å². The number of carbonyl (C=O) groups is 1. The highest BCUT2D eigenvalue weighted by Crippen LogP contribution is 2.39. The number of aliphatic carboxylic acids is 1. The Morgan fingerprint density at radius 3 is 2.56 bits per heavy atom. The van der Waals surface area contributed by atoms with Crippen LogP contribution < -0.4 is 0 Å². The van der Waals surface area contributed by atoms with E-state index in [1.165, 1.54) is 37.3 Å². The van der Waals surface area contributed by atoms with E-state index >= 15 is 0 Å². The zero-order valence-corrected chi connectivity index (χ0v) is 12.1. The third-order valence-electron chi connectivity index (χ3n) is 4.35. The lowest BCUT2D eigenvalue weighted by molar-refractivity contribution is -0.138. The molecule has 104 valence electrons. The summed E-state index contributed by atoms with van der Waals surface area (Å²) in [7, 11) is 0. The predicted molar refractivity (Wildman–Crippen MR) is 76.1 cm³/mol. The Morgan fingerprint density at radius 1 is 1.33 bits per heavy atom. The van der Waals surface area contributed by atoms with Crippen molar-refractivity contribution in [2.24, 2.45) is 5.92 Å². The Kier molecular flexibility index (Phi) is 5.37. The molecule has 0 aromatic carbocycles. The van der Waals surface area contributed by atoms with Gasteiger partial charge in [0, 0.05) is 18.5 Å². The van der Waals surface area contributed by atoms with Crippen LogP contribution >= 0.6 is 11.8 Å². The van der Waals surface area contributed by atoms with Gasteiger partial charge in [-0.2, -0.15) is 11.8 Å². The molecule has 2 fully saturated rings. The van der Waals surface area contributed by atoms with Crippen LogP contribution in [-0.4, -0.2) is 46.1 Å². The van der Waals surface area contributed by atoms with E-state index in [0.717, 1.165) is 12.8 Å². The summed E-state index contributed by atoms with van der Waals surface area (Å²) in [5.41, 5.74) is 0. The molecule has 0 radical (unpaired) electrons. The topological polar surface area (TPSA) is 40.5 Å². The average Bonchev–Trinajstić information content (AvgIpc) is 2.56. The van der Waals surface area contributed by atoms with Gasteiger partial charge in [0.05, 0.1) is 0 Å². The van der Waals surface area contributed by atoms with E-state index < -0.39 is 5.97 Å². The van der Waals surface area contributed by atoms with Gasteiger partial charge in [-0.3, -0.25) is 9.69 Å². The summed E-state index contributed by atoms with van der Waals surface area (Å²) >= 11 is 2.02. The number of rotatable bonds is 7. The summed E-state index contributed by atoms with van der Waals surface area (Å²) in [6.45, 7) is 3.44. The van der Waals surface area contributed by atoms with Crippen LogP contribution in [0.2, 0.25) is 0 Å². The second kappa shape index (κ2) is 6.80. The van der Waals surface area contributed by atoms with Crippen molar-refractivity contribution in [1.29, 1.82) is 0 Å². The first-order chi connectivity index (χ1) is 8.70. The third-order valence-corrected chi connectivity index (χ3v) is 5.34. The zero-order chi connectivity index (χ0) is 13.0. The van der Waals surface area contributed by atoms with Crippen molar-refractivity contribution >= 4 is 17.7 Å². The maximum Gasteiger partial charge on any atom is 0.303 e. The molecule has 1 N–H and O–H groups in total. The molecule has 0 aromatic heterocycles. The van der Waals surface area contributed by atoms with Crippen LogP contribution in [-0.2, 0) is 4.79 Å². The van der Waals surface area contributed by atoms with Crippen molar-refractivity contribution in [2.75, 3.05) is 18.1 Å². The molecule has 0 saturated carbocycles. The Hall–Kier alpha value is -0.220. The Labute approximate surface area is 114 Å². The lowest BCUT2D eigenvalue weighted by Crippen LogP contribution is -2.43. The van der Waals surface area contributed by atoms with E-state index in [4.69, 9.17) is 5.11 Å². The molecule has 2 rings (SSSR count). The van der Waals surface area contributed by atoms with Crippen LogP contribution in [0.1, 0.15) is 45.4 Å². The third kappa shape index (κ3) is 3.64. The fourth-order valence-corrected chi connectivity index (χ4v) is 4.28. The van der Waals surface area contributed by atoms with Gasteiger partial charge in [-0.05, 0) is 56.1 Å². The number of fused-ring (bicyclic) bond motifs is 2. The summed E-state index contributed by atoms with van der Waals surface area (Å²) in [5, 5.41) is 8.91. The van der Waals surface area contributed by atoms with Crippen LogP contribution in [0, 0.1) is 5.92 Å². The highest BCUT2D eigenvalue weighted by atomic mass is 32.2. The molecular formula is C14H25NO2S. The minimum Gasteiger partial charge on any atom is -0.481 e. The first-order valence-corrected chi connectivity index (χ1v) is 8.41. The second-order valence-electron chi connectivity index (χ2n) is 5.61. The van der Waals surface area contributed by atoms with Gasteiger partial charge in [-0.15, -0.1) is 0 Å². The smallest absolute Gasteiger partial charge is 0.303 e.